The van der Waals surface area contributed by atoms with Crippen LogP contribution in [0.25, 0.3) is 0 Å². The third kappa shape index (κ3) is 5.87. The van der Waals surface area contributed by atoms with Crippen molar-refractivity contribution in [1.82, 2.24) is 9.80 Å². The summed E-state index contributed by atoms with van der Waals surface area (Å²) in [4.78, 5) is 17.1. The number of piperidine rings is 1. The first-order valence-corrected chi connectivity index (χ1v) is 12.1. The Labute approximate surface area is 210 Å². The molecule has 0 unspecified atom stereocenters. The van der Waals surface area contributed by atoms with Crippen LogP contribution in [0.3, 0.4) is 0 Å². The van der Waals surface area contributed by atoms with Crippen molar-refractivity contribution in [1.29, 1.82) is 0 Å². The summed E-state index contributed by atoms with van der Waals surface area (Å²) in [5.41, 5.74) is 1.44. The molecule has 1 amide bonds. The Hall–Kier alpha value is -3.39. The second kappa shape index (κ2) is 11.6. The van der Waals surface area contributed by atoms with Crippen molar-refractivity contribution in [2.24, 2.45) is 5.92 Å². The van der Waals surface area contributed by atoms with E-state index in [1.807, 2.05) is 18.2 Å². The molecule has 0 spiro atoms. The van der Waals surface area contributed by atoms with E-state index in [1.165, 1.54) is 18.4 Å². The van der Waals surface area contributed by atoms with Crippen LogP contribution in [-0.2, 0) is 13.0 Å². The van der Waals surface area contributed by atoms with Crippen molar-refractivity contribution in [2.75, 3.05) is 34.4 Å². The predicted molar refractivity (Wildman–Crippen MR) is 132 cm³/mol. The molecule has 192 valence electrons. The lowest BCUT2D eigenvalue weighted by molar-refractivity contribution is 0.0554. The van der Waals surface area contributed by atoms with E-state index < -0.39 is 11.6 Å². The number of benzene rings is 2. The Bertz CT molecular complexity index is 1160. The molecule has 0 radical (unpaired) electrons. The first-order chi connectivity index (χ1) is 17.4. The summed E-state index contributed by atoms with van der Waals surface area (Å²) in [7, 11) is 5.02. The summed E-state index contributed by atoms with van der Waals surface area (Å²) in [6.07, 6.45) is 3.41. The van der Waals surface area contributed by atoms with Gasteiger partial charge in [0.05, 0.1) is 20.5 Å². The zero-order valence-corrected chi connectivity index (χ0v) is 20.9. The maximum atomic E-state index is 14.6. The number of halogens is 2. The number of nitrogens with zero attached hydrogens (tertiary/aromatic N) is 2. The van der Waals surface area contributed by atoms with Crippen LogP contribution in [0.5, 0.6) is 11.5 Å². The average Bonchev–Trinajstić information content (AvgIpc) is 3.43. The molecule has 1 atom stereocenters. The van der Waals surface area contributed by atoms with E-state index in [0.29, 0.717) is 18.5 Å². The lowest BCUT2D eigenvalue weighted by Crippen LogP contribution is -2.47. The average molecular weight is 499 g/mol. The molecule has 36 heavy (non-hydrogen) atoms. The Morgan fingerprint density at radius 3 is 2.50 bits per heavy atom. The zero-order valence-electron chi connectivity index (χ0n) is 20.9. The number of methoxy groups -OCH3 is 2. The van der Waals surface area contributed by atoms with Gasteiger partial charge in [0, 0.05) is 31.3 Å². The van der Waals surface area contributed by atoms with E-state index >= 15 is 0 Å². The van der Waals surface area contributed by atoms with Crippen LogP contribution in [0, 0.1) is 17.6 Å². The first kappa shape index (κ1) is 25.7. The molecule has 6 nitrogen and oxygen atoms in total. The van der Waals surface area contributed by atoms with Crippen LogP contribution in [0.1, 0.15) is 34.5 Å². The summed E-state index contributed by atoms with van der Waals surface area (Å²) in [6, 6.07) is 12.4. The van der Waals surface area contributed by atoms with Crippen molar-refractivity contribution in [2.45, 2.75) is 31.8 Å². The highest BCUT2D eigenvalue weighted by Gasteiger charge is 2.33. The van der Waals surface area contributed by atoms with Crippen molar-refractivity contribution in [3.05, 3.63) is 83.3 Å². The van der Waals surface area contributed by atoms with Gasteiger partial charge >= 0.3 is 0 Å². The monoisotopic (exact) mass is 498 g/mol. The van der Waals surface area contributed by atoms with Crippen molar-refractivity contribution < 1.29 is 27.5 Å². The van der Waals surface area contributed by atoms with Crippen LogP contribution in [0.4, 0.5) is 8.78 Å². The SMILES string of the molecule is COc1ccc(OC)c(CN2CCC([C@H](Cc3ccc(F)cc3F)N(C)C(=O)c3ccco3)CC2)c1. The van der Waals surface area contributed by atoms with E-state index in [4.69, 9.17) is 13.9 Å². The van der Waals surface area contributed by atoms with Crippen molar-refractivity contribution in [3.8, 4) is 11.5 Å². The zero-order chi connectivity index (χ0) is 25.7. The number of likely N-dealkylation sites (tertiary alicyclic amines) is 1. The summed E-state index contributed by atoms with van der Waals surface area (Å²) in [5.74, 6) is 0.504. The number of rotatable bonds is 9. The molecule has 8 heteroatoms. The molecule has 0 N–H and O–H groups in total. The molecule has 1 aliphatic heterocycles. The van der Waals surface area contributed by atoms with E-state index in [0.717, 1.165) is 49.1 Å². The Morgan fingerprint density at radius 2 is 1.86 bits per heavy atom. The largest absolute Gasteiger partial charge is 0.497 e. The van der Waals surface area contributed by atoms with Gasteiger partial charge in [-0.3, -0.25) is 9.69 Å². The minimum atomic E-state index is -0.617. The molecule has 1 aliphatic rings. The molecule has 0 bridgehead atoms. The van der Waals surface area contributed by atoms with E-state index in [-0.39, 0.29) is 23.6 Å². The Morgan fingerprint density at radius 1 is 1.08 bits per heavy atom. The minimum Gasteiger partial charge on any atom is -0.497 e. The van der Waals surface area contributed by atoms with Gasteiger partial charge in [0.25, 0.3) is 5.91 Å². The van der Waals surface area contributed by atoms with Crippen LogP contribution >= 0.6 is 0 Å². The number of hydrogen-bond donors (Lipinski definition) is 0. The second-order valence-corrected chi connectivity index (χ2v) is 9.19. The van der Waals surface area contributed by atoms with E-state index in [2.05, 4.69) is 4.90 Å². The number of furan rings is 1. The van der Waals surface area contributed by atoms with Crippen molar-refractivity contribution in [3.63, 3.8) is 0 Å². The molecular weight excluding hydrogens is 466 g/mol. The molecule has 2 heterocycles. The maximum Gasteiger partial charge on any atom is 0.289 e. The lowest BCUT2D eigenvalue weighted by Gasteiger charge is -2.40. The van der Waals surface area contributed by atoms with Gasteiger partial charge in [0.15, 0.2) is 5.76 Å². The van der Waals surface area contributed by atoms with Crippen LogP contribution in [0.15, 0.2) is 59.2 Å². The molecule has 3 aromatic rings. The smallest absolute Gasteiger partial charge is 0.289 e. The van der Waals surface area contributed by atoms with E-state index in [1.54, 1.807) is 38.3 Å². The third-order valence-corrected chi connectivity index (χ3v) is 7.05. The number of amides is 1. The lowest BCUT2D eigenvalue weighted by atomic mass is 9.84. The fourth-order valence-electron chi connectivity index (χ4n) is 5.00. The van der Waals surface area contributed by atoms with Gasteiger partial charge in [-0.2, -0.15) is 0 Å². The fourth-order valence-corrected chi connectivity index (χ4v) is 5.00. The molecule has 1 saturated heterocycles. The van der Waals surface area contributed by atoms with E-state index in [9.17, 15) is 13.6 Å². The highest BCUT2D eigenvalue weighted by Crippen LogP contribution is 2.31. The number of ether oxygens (including phenoxy) is 2. The topological polar surface area (TPSA) is 55.2 Å². The summed E-state index contributed by atoms with van der Waals surface area (Å²) in [5, 5.41) is 0. The Balaban J connectivity index is 1.49. The highest BCUT2D eigenvalue weighted by atomic mass is 19.1. The molecule has 0 saturated carbocycles. The molecule has 4 rings (SSSR count). The summed E-state index contributed by atoms with van der Waals surface area (Å²) in [6.45, 7) is 2.35. The maximum absolute atomic E-state index is 14.6. The number of likely N-dealkylation sites (N-methyl/N-ethyl adjacent to an activating group) is 1. The normalized spacial score (nSPS) is 15.5. The number of hydrogen-bond acceptors (Lipinski definition) is 5. The molecule has 1 aromatic heterocycles. The van der Waals surface area contributed by atoms with Gasteiger partial charge in [-0.1, -0.05) is 6.07 Å². The van der Waals surface area contributed by atoms with Crippen LogP contribution < -0.4 is 9.47 Å². The number of carbonyl (C=O) groups excluding carboxylic acids is 1. The highest BCUT2D eigenvalue weighted by molar-refractivity contribution is 5.91. The van der Waals surface area contributed by atoms with Gasteiger partial charge in [0.2, 0.25) is 0 Å². The summed E-state index contributed by atoms with van der Waals surface area (Å²) >= 11 is 0. The molecule has 0 aliphatic carbocycles. The predicted octanol–water partition coefficient (Wildman–Crippen LogP) is 5.17. The summed E-state index contributed by atoms with van der Waals surface area (Å²) < 4.78 is 44.3. The van der Waals surface area contributed by atoms with Gasteiger partial charge < -0.3 is 18.8 Å². The van der Waals surface area contributed by atoms with Gasteiger partial charge in [0.1, 0.15) is 23.1 Å². The second-order valence-electron chi connectivity index (χ2n) is 9.19. The van der Waals surface area contributed by atoms with Crippen LogP contribution in [-0.4, -0.2) is 56.1 Å². The molecule has 1 fully saturated rings. The minimum absolute atomic E-state index is 0.141. The Kier molecular flexibility index (Phi) is 8.25. The fraction of sp³-hybridized carbons (Fsp3) is 0.393. The van der Waals surface area contributed by atoms with Gasteiger partial charge in [-0.15, -0.1) is 0 Å². The third-order valence-electron chi connectivity index (χ3n) is 7.05. The van der Waals surface area contributed by atoms with Gasteiger partial charge in [-0.25, -0.2) is 8.78 Å². The van der Waals surface area contributed by atoms with Crippen LogP contribution in [0.2, 0.25) is 0 Å². The molecule has 2 aromatic carbocycles. The van der Waals surface area contributed by atoms with Gasteiger partial charge in [-0.05, 0) is 80.2 Å². The quantitative estimate of drug-likeness (QED) is 0.407. The molecular formula is C28H32F2N2O4. The van der Waals surface area contributed by atoms with Crippen molar-refractivity contribution >= 4 is 5.91 Å². The first-order valence-electron chi connectivity index (χ1n) is 12.1. The number of carbonyl (C=O) groups is 1. The standard InChI is InChI=1S/C28H32F2N2O4/c1-31(28(33)27-5-4-14-36-27)25(16-20-6-7-22(29)17-24(20)30)19-10-12-32(13-11-19)18-21-15-23(34-2)8-9-26(21)35-3/h4-9,14-15,17,19,25H,10-13,16,18H2,1-3H3/t25-/m0/s1.